The number of benzene rings is 3. The van der Waals surface area contributed by atoms with Crippen molar-refractivity contribution in [3.63, 3.8) is 0 Å². The number of hydrogen-bond acceptors (Lipinski definition) is 6. The average Bonchev–Trinajstić information content (AvgIpc) is 3.36. The molecule has 0 saturated carbocycles. The van der Waals surface area contributed by atoms with Crippen molar-refractivity contribution in [1.82, 2.24) is 0 Å². The molecule has 1 atom stereocenters. The molecule has 3 aromatic carbocycles. The van der Waals surface area contributed by atoms with Gasteiger partial charge in [0.05, 0.1) is 19.6 Å². The van der Waals surface area contributed by atoms with Gasteiger partial charge in [0.25, 0.3) is 0 Å². The van der Waals surface area contributed by atoms with Crippen LogP contribution in [0.4, 0.5) is 5.69 Å². The summed E-state index contributed by atoms with van der Waals surface area (Å²) < 4.78 is 28.8. The number of para-hydroxylation sites is 1. The van der Waals surface area contributed by atoms with Gasteiger partial charge in [-0.1, -0.05) is 24.3 Å². The first-order valence-corrected chi connectivity index (χ1v) is 10.8. The van der Waals surface area contributed by atoms with Gasteiger partial charge in [0.1, 0.15) is 25.6 Å². The van der Waals surface area contributed by atoms with E-state index in [-0.39, 0.29) is 5.41 Å². The second-order valence-electron chi connectivity index (χ2n) is 8.43. The summed E-state index contributed by atoms with van der Waals surface area (Å²) in [6.07, 6.45) is 0. The lowest BCUT2D eigenvalue weighted by atomic mass is 9.77. The molecule has 0 aromatic heterocycles. The standard InChI is InChI=1S/C26H25NO5/c1-28-21-8-7-17(11-23(21)29-2)14-27-15-26(18-5-3-4-6-20(18)27)16-32-22-13-25-24(12-19(22)26)30-9-10-31-25/h3-8,11-13H,9-10,14-16H2,1-2H3. The minimum Gasteiger partial charge on any atom is -0.493 e. The summed E-state index contributed by atoms with van der Waals surface area (Å²) in [6, 6.07) is 18.8. The van der Waals surface area contributed by atoms with Crippen LogP contribution >= 0.6 is 0 Å². The fraction of sp³-hybridized carbons (Fsp3) is 0.308. The number of ether oxygens (including phenoxy) is 5. The van der Waals surface area contributed by atoms with Crippen LogP contribution in [0.5, 0.6) is 28.7 Å². The first-order valence-electron chi connectivity index (χ1n) is 10.8. The van der Waals surface area contributed by atoms with Crippen molar-refractivity contribution in [3.05, 3.63) is 71.3 Å². The molecule has 3 aliphatic heterocycles. The predicted molar refractivity (Wildman–Crippen MR) is 121 cm³/mol. The second kappa shape index (κ2) is 7.26. The van der Waals surface area contributed by atoms with Gasteiger partial charge in [-0.25, -0.2) is 0 Å². The lowest BCUT2D eigenvalue weighted by Crippen LogP contribution is -2.36. The first kappa shape index (κ1) is 19.2. The lowest BCUT2D eigenvalue weighted by molar-refractivity contribution is 0.171. The third kappa shape index (κ3) is 2.79. The van der Waals surface area contributed by atoms with Crippen molar-refractivity contribution in [2.45, 2.75) is 12.0 Å². The molecule has 0 amide bonds. The van der Waals surface area contributed by atoms with Gasteiger partial charge in [-0.2, -0.15) is 0 Å². The zero-order valence-corrected chi connectivity index (χ0v) is 18.2. The normalized spacial score (nSPS) is 20.0. The molecule has 1 unspecified atom stereocenters. The van der Waals surface area contributed by atoms with E-state index in [1.165, 1.54) is 16.8 Å². The van der Waals surface area contributed by atoms with Gasteiger partial charge in [-0.3, -0.25) is 0 Å². The molecule has 0 aliphatic carbocycles. The maximum Gasteiger partial charge on any atom is 0.165 e. The van der Waals surface area contributed by atoms with Crippen molar-refractivity contribution in [1.29, 1.82) is 0 Å². The van der Waals surface area contributed by atoms with E-state index < -0.39 is 0 Å². The molecule has 0 N–H and O–H groups in total. The third-order valence-electron chi connectivity index (χ3n) is 6.68. The molecule has 164 valence electrons. The number of nitrogens with zero attached hydrogens (tertiary/aromatic N) is 1. The number of anilines is 1. The molecule has 6 heteroatoms. The zero-order chi connectivity index (χ0) is 21.7. The zero-order valence-electron chi connectivity index (χ0n) is 18.2. The minimum absolute atomic E-state index is 0.238. The summed E-state index contributed by atoms with van der Waals surface area (Å²) in [5, 5.41) is 0. The van der Waals surface area contributed by atoms with Crippen LogP contribution in [0.25, 0.3) is 0 Å². The molecule has 32 heavy (non-hydrogen) atoms. The molecular formula is C26H25NO5. The highest BCUT2D eigenvalue weighted by atomic mass is 16.6. The topological polar surface area (TPSA) is 49.4 Å². The van der Waals surface area contributed by atoms with Gasteiger partial charge in [0.2, 0.25) is 0 Å². The average molecular weight is 431 g/mol. The number of methoxy groups -OCH3 is 2. The van der Waals surface area contributed by atoms with Crippen molar-refractivity contribution in [2.75, 3.05) is 45.5 Å². The molecule has 0 saturated heterocycles. The fourth-order valence-corrected chi connectivity index (χ4v) is 5.19. The fourth-order valence-electron chi connectivity index (χ4n) is 5.19. The maximum atomic E-state index is 6.23. The minimum atomic E-state index is -0.238. The van der Waals surface area contributed by atoms with Gasteiger partial charge in [-0.05, 0) is 35.4 Å². The summed E-state index contributed by atoms with van der Waals surface area (Å²) in [5.41, 5.74) is 4.61. The molecule has 0 bridgehead atoms. The van der Waals surface area contributed by atoms with E-state index in [4.69, 9.17) is 23.7 Å². The SMILES string of the molecule is COc1ccc(CN2CC3(COc4cc5c(cc43)OCCO5)c3ccccc32)cc1OC. The monoisotopic (exact) mass is 431 g/mol. The Balaban J connectivity index is 1.39. The van der Waals surface area contributed by atoms with Crippen molar-refractivity contribution in [2.24, 2.45) is 0 Å². The van der Waals surface area contributed by atoms with Crippen LogP contribution in [0.1, 0.15) is 16.7 Å². The van der Waals surface area contributed by atoms with E-state index in [1.54, 1.807) is 14.2 Å². The van der Waals surface area contributed by atoms with E-state index in [0.717, 1.165) is 47.4 Å². The lowest BCUT2D eigenvalue weighted by Gasteiger charge is -2.26. The molecule has 3 aromatic rings. The Labute approximate surface area is 187 Å². The van der Waals surface area contributed by atoms with Gasteiger partial charge in [-0.15, -0.1) is 0 Å². The Bertz CT molecular complexity index is 1190. The van der Waals surface area contributed by atoms with Gasteiger partial charge >= 0.3 is 0 Å². The highest BCUT2D eigenvalue weighted by Crippen LogP contribution is 2.54. The molecule has 0 radical (unpaired) electrons. The van der Waals surface area contributed by atoms with Gasteiger partial charge in [0.15, 0.2) is 23.0 Å². The van der Waals surface area contributed by atoms with E-state index >= 15 is 0 Å². The van der Waals surface area contributed by atoms with Crippen LogP contribution in [0.2, 0.25) is 0 Å². The maximum absolute atomic E-state index is 6.23. The van der Waals surface area contributed by atoms with Crippen molar-refractivity contribution >= 4 is 5.69 Å². The number of rotatable bonds is 4. The van der Waals surface area contributed by atoms with E-state index in [9.17, 15) is 0 Å². The Morgan fingerprint density at radius 2 is 1.59 bits per heavy atom. The molecule has 3 aliphatic rings. The van der Waals surface area contributed by atoms with E-state index in [2.05, 4.69) is 41.3 Å². The van der Waals surface area contributed by atoms with Crippen LogP contribution in [0.3, 0.4) is 0 Å². The van der Waals surface area contributed by atoms with E-state index in [0.29, 0.717) is 19.8 Å². The van der Waals surface area contributed by atoms with Crippen molar-refractivity contribution < 1.29 is 23.7 Å². The van der Waals surface area contributed by atoms with Crippen molar-refractivity contribution in [3.8, 4) is 28.7 Å². The highest BCUT2D eigenvalue weighted by Gasteiger charge is 2.50. The van der Waals surface area contributed by atoms with Gasteiger partial charge in [0, 0.05) is 30.4 Å². The van der Waals surface area contributed by atoms with Gasteiger partial charge < -0.3 is 28.6 Å². The second-order valence-corrected chi connectivity index (χ2v) is 8.43. The number of hydrogen-bond donors (Lipinski definition) is 0. The summed E-state index contributed by atoms with van der Waals surface area (Å²) in [6.45, 7) is 3.33. The molecule has 1 spiro atoms. The van der Waals surface area contributed by atoms with Crippen LogP contribution in [-0.2, 0) is 12.0 Å². The summed E-state index contributed by atoms with van der Waals surface area (Å²) in [5.74, 6) is 3.93. The summed E-state index contributed by atoms with van der Waals surface area (Å²) in [4.78, 5) is 2.42. The Morgan fingerprint density at radius 1 is 0.812 bits per heavy atom. The molecule has 0 fully saturated rings. The van der Waals surface area contributed by atoms with E-state index in [1.807, 2.05) is 18.2 Å². The summed E-state index contributed by atoms with van der Waals surface area (Å²) in [7, 11) is 3.32. The molecular weight excluding hydrogens is 406 g/mol. The quantitative estimate of drug-likeness (QED) is 0.618. The summed E-state index contributed by atoms with van der Waals surface area (Å²) >= 11 is 0. The van der Waals surface area contributed by atoms with Crippen LogP contribution < -0.4 is 28.6 Å². The Hall–Kier alpha value is -3.54. The molecule has 6 rings (SSSR count). The van der Waals surface area contributed by atoms with Crippen LogP contribution in [-0.4, -0.2) is 40.6 Å². The Morgan fingerprint density at radius 3 is 2.41 bits per heavy atom. The largest absolute Gasteiger partial charge is 0.493 e. The molecule has 6 nitrogen and oxygen atoms in total. The number of fused-ring (bicyclic) bond motifs is 5. The van der Waals surface area contributed by atoms with Crippen LogP contribution in [0, 0.1) is 0 Å². The smallest absolute Gasteiger partial charge is 0.165 e. The molecule has 3 heterocycles. The predicted octanol–water partition coefficient (Wildman–Crippen LogP) is 4.17. The first-order chi connectivity index (χ1) is 15.7. The highest BCUT2D eigenvalue weighted by molar-refractivity contribution is 5.71. The van der Waals surface area contributed by atoms with Crippen LogP contribution in [0.15, 0.2) is 54.6 Å². The Kier molecular flexibility index (Phi) is 4.35. The third-order valence-corrected chi connectivity index (χ3v) is 6.68.